The van der Waals surface area contributed by atoms with Gasteiger partial charge in [0.05, 0.1) is 5.52 Å². The molecule has 0 unspecified atom stereocenters. The molecule has 4 nitrogen and oxygen atoms in total. The second-order valence-corrected chi connectivity index (χ2v) is 14.0. The summed E-state index contributed by atoms with van der Waals surface area (Å²) >= 11 is 0. The lowest BCUT2D eigenvalue weighted by Gasteiger charge is -2.23. The summed E-state index contributed by atoms with van der Waals surface area (Å²) in [4.78, 5) is 19.3. The summed E-state index contributed by atoms with van der Waals surface area (Å²) in [5.74, 6) is 1.98. The highest BCUT2D eigenvalue weighted by Crippen LogP contribution is 2.51. The van der Waals surface area contributed by atoms with E-state index in [0.29, 0.717) is 17.5 Å². The average molecular weight is 653 g/mol. The molecule has 0 spiro atoms. The Labute approximate surface area is 296 Å². The molecule has 0 bridgehead atoms. The number of fused-ring (bicyclic) bond motifs is 1. The minimum atomic E-state index is -0.156. The van der Waals surface area contributed by atoms with Crippen molar-refractivity contribution >= 4 is 32.4 Å². The van der Waals surface area contributed by atoms with Gasteiger partial charge in [-0.3, -0.25) is 4.98 Å². The predicted octanol–water partition coefficient (Wildman–Crippen LogP) is 11.7. The number of benzene rings is 7. The molecule has 0 aliphatic heterocycles. The Balaban J connectivity index is 1.04. The Morgan fingerprint density at radius 2 is 0.843 bits per heavy atom. The number of aromatic nitrogens is 4. The zero-order valence-electron chi connectivity index (χ0n) is 28.3. The van der Waals surface area contributed by atoms with Crippen LogP contribution in [-0.2, 0) is 5.41 Å². The topological polar surface area (TPSA) is 51.6 Å². The van der Waals surface area contributed by atoms with Gasteiger partial charge in [-0.15, -0.1) is 0 Å². The molecular formula is C47H32N4. The number of rotatable bonds is 5. The summed E-state index contributed by atoms with van der Waals surface area (Å²) < 4.78 is 0. The number of hydrogen-bond donors (Lipinski definition) is 0. The Morgan fingerprint density at radius 3 is 1.41 bits per heavy atom. The van der Waals surface area contributed by atoms with Gasteiger partial charge in [-0.1, -0.05) is 123 Å². The van der Waals surface area contributed by atoms with Crippen LogP contribution >= 0.6 is 0 Å². The first kappa shape index (κ1) is 29.4. The second-order valence-electron chi connectivity index (χ2n) is 14.0. The molecule has 7 aromatic carbocycles. The maximum atomic E-state index is 4.93. The van der Waals surface area contributed by atoms with Gasteiger partial charge < -0.3 is 0 Å². The maximum Gasteiger partial charge on any atom is 0.164 e. The summed E-state index contributed by atoms with van der Waals surface area (Å²) in [6.07, 6.45) is 1.85. The Bertz CT molecular complexity index is 2750. The van der Waals surface area contributed by atoms with E-state index in [1.165, 1.54) is 49.4 Å². The van der Waals surface area contributed by atoms with Crippen LogP contribution in [0.2, 0.25) is 0 Å². The van der Waals surface area contributed by atoms with Crippen molar-refractivity contribution in [3.8, 4) is 56.4 Å². The first-order valence-electron chi connectivity index (χ1n) is 17.4. The van der Waals surface area contributed by atoms with Gasteiger partial charge in [0, 0.05) is 33.7 Å². The molecular weight excluding hydrogens is 621 g/mol. The molecule has 1 aliphatic rings. The zero-order valence-corrected chi connectivity index (χ0v) is 28.3. The van der Waals surface area contributed by atoms with Gasteiger partial charge in [0.2, 0.25) is 0 Å². The van der Waals surface area contributed by atoms with Crippen LogP contribution in [0.25, 0.3) is 88.9 Å². The fourth-order valence-electron chi connectivity index (χ4n) is 7.80. The molecule has 0 atom stereocenters. The third-order valence-electron chi connectivity index (χ3n) is 10.5. The normalized spacial score (nSPS) is 13.1. The third kappa shape index (κ3) is 4.83. The van der Waals surface area contributed by atoms with E-state index in [1.54, 1.807) is 0 Å². The van der Waals surface area contributed by atoms with Crippen molar-refractivity contribution in [1.29, 1.82) is 0 Å². The van der Waals surface area contributed by atoms with Crippen molar-refractivity contribution in [1.82, 2.24) is 19.9 Å². The summed E-state index contributed by atoms with van der Waals surface area (Å²) in [5, 5.41) is 6.46. The highest BCUT2D eigenvalue weighted by Gasteiger charge is 2.35. The third-order valence-corrected chi connectivity index (χ3v) is 10.5. The van der Waals surface area contributed by atoms with Crippen molar-refractivity contribution < 1.29 is 0 Å². The van der Waals surface area contributed by atoms with Crippen LogP contribution in [-0.4, -0.2) is 19.9 Å². The second kappa shape index (κ2) is 11.3. The van der Waals surface area contributed by atoms with E-state index in [-0.39, 0.29) is 5.41 Å². The largest absolute Gasteiger partial charge is 0.256 e. The molecule has 0 radical (unpaired) electrons. The van der Waals surface area contributed by atoms with Gasteiger partial charge in [0.25, 0.3) is 0 Å². The van der Waals surface area contributed by atoms with Crippen molar-refractivity contribution in [3.05, 3.63) is 169 Å². The van der Waals surface area contributed by atoms with Gasteiger partial charge in [0.15, 0.2) is 17.5 Å². The van der Waals surface area contributed by atoms with Crippen LogP contribution in [0.5, 0.6) is 0 Å². The molecule has 10 rings (SSSR count). The zero-order chi connectivity index (χ0) is 34.1. The van der Waals surface area contributed by atoms with E-state index in [9.17, 15) is 0 Å². The SMILES string of the molecule is CC1(C)c2cc(-c3ccc(-c4nc(-c5ccccc5)nc(-c5ccccc5)n4)cc3)cc3ccc4cc(-c5ccc6ncccc6c5)cc1c4c23. The smallest absolute Gasteiger partial charge is 0.164 e. The van der Waals surface area contributed by atoms with Crippen molar-refractivity contribution in [2.24, 2.45) is 0 Å². The fourth-order valence-corrected chi connectivity index (χ4v) is 7.80. The summed E-state index contributed by atoms with van der Waals surface area (Å²) in [6.45, 7) is 4.74. The Kier molecular flexibility index (Phi) is 6.49. The molecule has 0 amide bonds. The summed E-state index contributed by atoms with van der Waals surface area (Å²) in [5.41, 5.74) is 11.3. The van der Waals surface area contributed by atoms with Gasteiger partial charge >= 0.3 is 0 Å². The van der Waals surface area contributed by atoms with Gasteiger partial charge in [-0.05, 0) is 97.4 Å². The Hall–Kier alpha value is -6.52. The molecule has 1 aliphatic carbocycles. The standard InChI is InChI=1S/C47H32N4/c1-47(2)39-27-37(25-35-19-20-36-26-38(28-40(47)43(36)42(35)39)33-21-22-41-34(24-33)14-9-23-48-41)29-15-17-32(18-16-29)46-50-44(30-10-5-3-6-11-30)49-45(51-46)31-12-7-4-8-13-31/h3-28H,1-2H3. The Morgan fingerprint density at radius 1 is 0.373 bits per heavy atom. The van der Waals surface area contributed by atoms with E-state index in [2.05, 4.69) is 104 Å². The van der Waals surface area contributed by atoms with Gasteiger partial charge in [0.1, 0.15) is 0 Å². The van der Waals surface area contributed by atoms with E-state index in [1.807, 2.05) is 72.9 Å². The fraction of sp³-hybridized carbons (Fsp3) is 0.0638. The van der Waals surface area contributed by atoms with Crippen molar-refractivity contribution in [2.45, 2.75) is 19.3 Å². The summed E-state index contributed by atoms with van der Waals surface area (Å²) in [7, 11) is 0. The van der Waals surface area contributed by atoms with E-state index >= 15 is 0 Å². The van der Waals surface area contributed by atoms with Crippen molar-refractivity contribution in [2.75, 3.05) is 0 Å². The van der Waals surface area contributed by atoms with E-state index < -0.39 is 0 Å². The molecule has 51 heavy (non-hydrogen) atoms. The molecule has 0 N–H and O–H groups in total. The maximum absolute atomic E-state index is 4.93. The lowest BCUT2D eigenvalue weighted by atomic mass is 9.80. The summed E-state index contributed by atoms with van der Waals surface area (Å²) in [6, 6.07) is 53.7. The number of hydrogen-bond acceptors (Lipinski definition) is 4. The molecule has 240 valence electrons. The highest BCUT2D eigenvalue weighted by atomic mass is 15.0. The van der Waals surface area contributed by atoms with E-state index in [4.69, 9.17) is 15.0 Å². The van der Waals surface area contributed by atoms with E-state index in [0.717, 1.165) is 33.2 Å². The van der Waals surface area contributed by atoms with Crippen LogP contribution in [0, 0.1) is 0 Å². The van der Waals surface area contributed by atoms with Crippen molar-refractivity contribution in [3.63, 3.8) is 0 Å². The number of pyridine rings is 1. The number of nitrogens with zero attached hydrogens (tertiary/aromatic N) is 4. The average Bonchev–Trinajstić information content (AvgIpc) is 3.43. The van der Waals surface area contributed by atoms with Crippen LogP contribution in [0.3, 0.4) is 0 Å². The minimum absolute atomic E-state index is 0.156. The molecule has 0 saturated carbocycles. The molecule has 0 fully saturated rings. The quantitative estimate of drug-likeness (QED) is 0.174. The van der Waals surface area contributed by atoms with Crippen LogP contribution in [0.15, 0.2) is 158 Å². The van der Waals surface area contributed by atoms with Crippen LogP contribution < -0.4 is 0 Å². The highest BCUT2D eigenvalue weighted by molar-refractivity contribution is 6.16. The first-order chi connectivity index (χ1) is 25.0. The monoisotopic (exact) mass is 652 g/mol. The molecule has 2 aromatic heterocycles. The molecule has 2 heterocycles. The first-order valence-corrected chi connectivity index (χ1v) is 17.4. The minimum Gasteiger partial charge on any atom is -0.256 e. The van der Waals surface area contributed by atoms with Gasteiger partial charge in [-0.25, -0.2) is 15.0 Å². The lowest BCUT2D eigenvalue weighted by molar-refractivity contribution is 0.663. The van der Waals surface area contributed by atoms with Gasteiger partial charge in [-0.2, -0.15) is 0 Å². The molecule has 4 heteroatoms. The van der Waals surface area contributed by atoms with Crippen LogP contribution in [0.1, 0.15) is 25.0 Å². The predicted molar refractivity (Wildman–Crippen MR) is 209 cm³/mol. The lowest BCUT2D eigenvalue weighted by Crippen LogP contribution is -2.15. The molecule has 9 aromatic rings. The molecule has 0 saturated heterocycles. The van der Waals surface area contributed by atoms with Crippen LogP contribution in [0.4, 0.5) is 0 Å².